The molecule has 0 bridgehead atoms. The Morgan fingerprint density at radius 2 is 1.81 bits per heavy atom. The number of alkyl halides is 3. The van der Waals surface area contributed by atoms with Gasteiger partial charge in [-0.15, -0.1) is 0 Å². The van der Waals surface area contributed by atoms with E-state index in [0.717, 1.165) is 29.8 Å². The van der Waals surface area contributed by atoms with Gasteiger partial charge in [0.1, 0.15) is 11.4 Å². The van der Waals surface area contributed by atoms with E-state index in [-0.39, 0.29) is 11.4 Å². The maximum Gasteiger partial charge on any atom is 0.416 e. The minimum Gasteiger partial charge on any atom is -0.382 e. The van der Waals surface area contributed by atoms with Gasteiger partial charge in [0.25, 0.3) is 11.5 Å². The van der Waals surface area contributed by atoms with Gasteiger partial charge in [0.05, 0.1) is 17.4 Å². The molecule has 0 fully saturated rings. The summed E-state index contributed by atoms with van der Waals surface area (Å²) in [4.78, 5) is 25.6. The van der Waals surface area contributed by atoms with Crippen LogP contribution < -0.4 is 10.9 Å². The van der Waals surface area contributed by atoms with Crippen LogP contribution in [-0.2, 0) is 0 Å². The molecule has 0 saturated carbocycles. The SMILES string of the molecule is C[C@@H](NC(=O)c1cc(-c2ccc(Cl)cc2)nn(-c2cccc(F)c2)c1=O)[C@@H](O)C(F)(F)F. The molecule has 0 aliphatic rings. The van der Waals surface area contributed by atoms with E-state index in [0.29, 0.717) is 10.6 Å². The van der Waals surface area contributed by atoms with Crippen LogP contribution in [0, 0.1) is 5.82 Å². The number of nitrogens with one attached hydrogen (secondary N) is 1. The Balaban J connectivity index is 2.11. The maximum absolute atomic E-state index is 13.7. The lowest BCUT2D eigenvalue weighted by atomic mass is 10.1. The number of nitrogens with zero attached hydrogens (tertiary/aromatic N) is 2. The molecule has 11 heteroatoms. The first-order valence-electron chi connectivity index (χ1n) is 9.19. The third-order valence-corrected chi connectivity index (χ3v) is 4.77. The van der Waals surface area contributed by atoms with Crippen LogP contribution in [0.15, 0.2) is 59.4 Å². The average molecular weight is 470 g/mol. The van der Waals surface area contributed by atoms with Crippen molar-refractivity contribution in [2.75, 3.05) is 0 Å². The van der Waals surface area contributed by atoms with E-state index in [1.54, 1.807) is 12.1 Å². The fourth-order valence-electron chi connectivity index (χ4n) is 2.85. The van der Waals surface area contributed by atoms with Gasteiger partial charge in [0.2, 0.25) is 0 Å². The second kappa shape index (κ2) is 9.09. The van der Waals surface area contributed by atoms with Crippen LogP contribution in [0.25, 0.3) is 16.9 Å². The second-order valence-electron chi connectivity index (χ2n) is 6.90. The number of halogens is 5. The summed E-state index contributed by atoms with van der Waals surface area (Å²) in [7, 11) is 0. The molecular formula is C21H16ClF4N3O3. The molecule has 6 nitrogen and oxygen atoms in total. The summed E-state index contributed by atoms with van der Waals surface area (Å²) >= 11 is 5.88. The van der Waals surface area contributed by atoms with Gasteiger partial charge in [-0.3, -0.25) is 9.59 Å². The van der Waals surface area contributed by atoms with Crippen LogP contribution in [0.1, 0.15) is 17.3 Å². The molecule has 0 aliphatic heterocycles. The van der Waals surface area contributed by atoms with Gasteiger partial charge < -0.3 is 10.4 Å². The molecular weight excluding hydrogens is 454 g/mol. The Morgan fingerprint density at radius 3 is 2.41 bits per heavy atom. The molecule has 3 rings (SSSR count). The number of aliphatic hydroxyl groups is 1. The lowest BCUT2D eigenvalue weighted by molar-refractivity contribution is -0.209. The van der Waals surface area contributed by atoms with Crippen LogP contribution in [0.5, 0.6) is 0 Å². The Hall–Kier alpha value is -3.24. The van der Waals surface area contributed by atoms with Crippen LogP contribution in [-0.4, -0.2) is 39.1 Å². The van der Waals surface area contributed by atoms with Crippen molar-refractivity contribution in [3.8, 4) is 16.9 Å². The summed E-state index contributed by atoms with van der Waals surface area (Å²) in [6.07, 6.45) is -7.81. The van der Waals surface area contributed by atoms with Crippen LogP contribution >= 0.6 is 11.6 Å². The Labute approximate surface area is 184 Å². The fraction of sp³-hybridized carbons (Fsp3) is 0.190. The summed E-state index contributed by atoms with van der Waals surface area (Å²) in [6, 6.07) is 10.4. The zero-order chi connectivity index (χ0) is 23.6. The van der Waals surface area contributed by atoms with Crippen molar-refractivity contribution >= 4 is 17.5 Å². The lowest BCUT2D eigenvalue weighted by Gasteiger charge is -2.22. The first-order chi connectivity index (χ1) is 15.0. The monoisotopic (exact) mass is 469 g/mol. The zero-order valence-electron chi connectivity index (χ0n) is 16.4. The molecule has 0 radical (unpaired) electrons. The first kappa shape index (κ1) is 23.4. The summed E-state index contributed by atoms with van der Waals surface area (Å²) in [5.74, 6) is -1.82. The number of carbonyl (C=O) groups is 1. The number of amides is 1. The van der Waals surface area contributed by atoms with Crippen molar-refractivity contribution in [2.24, 2.45) is 0 Å². The third-order valence-electron chi connectivity index (χ3n) is 4.52. The first-order valence-corrected chi connectivity index (χ1v) is 9.57. The highest BCUT2D eigenvalue weighted by Gasteiger charge is 2.42. The predicted molar refractivity (Wildman–Crippen MR) is 109 cm³/mol. The van der Waals surface area contributed by atoms with E-state index in [4.69, 9.17) is 11.6 Å². The van der Waals surface area contributed by atoms with E-state index >= 15 is 0 Å². The van der Waals surface area contributed by atoms with E-state index in [2.05, 4.69) is 5.10 Å². The normalized spacial score (nSPS) is 13.5. The number of rotatable bonds is 5. The van der Waals surface area contributed by atoms with Crippen molar-refractivity contribution < 1.29 is 27.5 Å². The molecule has 168 valence electrons. The number of carbonyl (C=O) groups excluding carboxylic acids is 1. The number of hydrogen-bond acceptors (Lipinski definition) is 4. The fourth-order valence-corrected chi connectivity index (χ4v) is 2.97. The number of benzene rings is 2. The lowest BCUT2D eigenvalue weighted by Crippen LogP contribution is -2.49. The van der Waals surface area contributed by atoms with Gasteiger partial charge in [0.15, 0.2) is 6.10 Å². The summed E-state index contributed by atoms with van der Waals surface area (Å²) in [5, 5.41) is 15.9. The summed E-state index contributed by atoms with van der Waals surface area (Å²) in [6.45, 7) is 0.947. The van der Waals surface area contributed by atoms with Gasteiger partial charge in [0, 0.05) is 10.6 Å². The largest absolute Gasteiger partial charge is 0.416 e. The molecule has 0 unspecified atom stereocenters. The minimum absolute atomic E-state index is 0.00300. The van der Waals surface area contributed by atoms with Gasteiger partial charge in [-0.2, -0.15) is 23.0 Å². The highest BCUT2D eigenvalue weighted by molar-refractivity contribution is 6.30. The van der Waals surface area contributed by atoms with E-state index in [1.807, 2.05) is 5.32 Å². The molecule has 1 heterocycles. The van der Waals surface area contributed by atoms with E-state index in [1.165, 1.54) is 24.3 Å². The smallest absolute Gasteiger partial charge is 0.382 e. The molecule has 32 heavy (non-hydrogen) atoms. The molecule has 3 aromatic rings. The third kappa shape index (κ3) is 5.14. The molecule has 2 aromatic carbocycles. The molecule has 2 N–H and O–H groups in total. The molecule has 0 saturated heterocycles. The van der Waals surface area contributed by atoms with Crippen molar-refractivity contribution in [3.05, 3.63) is 81.4 Å². The number of aliphatic hydroxyl groups excluding tert-OH is 1. The van der Waals surface area contributed by atoms with Crippen LogP contribution in [0.3, 0.4) is 0 Å². The Bertz CT molecular complexity index is 1200. The second-order valence-corrected chi connectivity index (χ2v) is 7.33. The van der Waals surface area contributed by atoms with E-state index in [9.17, 15) is 32.3 Å². The average Bonchev–Trinajstić information content (AvgIpc) is 2.73. The maximum atomic E-state index is 13.7. The van der Waals surface area contributed by atoms with Gasteiger partial charge in [-0.1, -0.05) is 29.8 Å². The van der Waals surface area contributed by atoms with Gasteiger partial charge in [-0.25, -0.2) is 4.39 Å². The highest BCUT2D eigenvalue weighted by Crippen LogP contribution is 2.23. The molecule has 1 amide bonds. The quantitative estimate of drug-likeness (QED) is 0.558. The topological polar surface area (TPSA) is 84.2 Å². The standard InChI is InChI=1S/C21H16ClF4N3O3/c1-11(18(30)21(24,25)26)27-19(31)16-10-17(12-5-7-13(22)8-6-12)28-29(20(16)32)15-4-2-3-14(23)9-15/h2-11,18,30H,1H3,(H,27,31)/t11-,18-/m1/s1. The van der Waals surface area contributed by atoms with Crippen molar-refractivity contribution in [3.63, 3.8) is 0 Å². The van der Waals surface area contributed by atoms with E-state index < -0.39 is 41.2 Å². The zero-order valence-corrected chi connectivity index (χ0v) is 17.2. The highest BCUT2D eigenvalue weighted by atomic mass is 35.5. The number of aromatic nitrogens is 2. The number of hydrogen-bond donors (Lipinski definition) is 2. The molecule has 0 aliphatic carbocycles. The Kier molecular flexibility index (Phi) is 6.65. The Morgan fingerprint density at radius 1 is 1.16 bits per heavy atom. The van der Waals surface area contributed by atoms with Crippen molar-refractivity contribution in [1.29, 1.82) is 0 Å². The van der Waals surface area contributed by atoms with Gasteiger partial charge >= 0.3 is 6.18 Å². The predicted octanol–water partition coefficient (Wildman–Crippen LogP) is 3.73. The van der Waals surface area contributed by atoms with Crippen LogP contribution in [0.4, 0.5) is 17.6 Å². The van der Waals surface area contributed by atoms with Gasteiger partial charge in [-0.05, 0) is 43.3 Å². The molecule has 1 aromatic heterocycles. The van der Waals surface area contributed by atoms with Crippen molar-refractivity contribution in [2.45, 2.75) is 25.2 Å². The summed E-state index contributed by atoms with van der Waals surface area (Å²) < 4.78 is 52.7. The van der Waals surface area contributed by atoms with Crippen LogP contribution in [0.2, 0.25) is 5.02 Å². The van der Waals surface area contributed by atoms with Crippen molar-refractivity contribution in [1.82, 2.24) is 15.1 Å². The minimum atomic E-state index is -4.97. The molecule has 2 atom stereocenters. The molecule has 0 spiro atoms. The summed E-state index contributed by atoms with van der Waals surface area (Å²) in [5.41, 5.74) is -0.977.